The van der Waals surface area contributed by atoms with Gasteiger partial charge in [-0.3, -0.25) is 9.69 Å². The Bertz CT molecular complexity index is 870. The third-order valence-corrected chi connectivity index (χ3v) is 5.37. The number of carbonyl (C=O) groups is 2. The molecule has 6 nitrogen and oxygen atoms in total. The summed E-state index contributed by atoms with van der Waals surface area (Å²) in [7, 11) is 1.33. The molecule has 1 aliphatic rings. The summed E-state index contributed by atoms with van der Waals surface area (Å²) in [5.74, 6) is -0.214. The number of hydrogen-bond donors (Lipinski definition) is 0. The van der Waals surface area contributed by atoms with Crippen molar-refractivity contribution in [3.63, 3.8) is 0 Å². The van der Waals surface area contributed by atoms with Crippen LogP contribution in [0, 0.1) is 5.82 Å². The molecular formula is C23H27FN2O4. The van der Waals surface area contributed by atoms with E-state index < -0.39 is 5.97 Å². The van der Waals surface area contributed by atoms with Crippen LogP contribution in [0.4, 0.5) is 4.39 Å². The highest BCUT2D eigenvalue weighted by atomic mass is 19.1. The number of hydrogen-bond acceptors (Lipinski definition) is 5. The summed E-state index contributed by atoms with van der Waals surface area (Å²) in [5, 5.41) is 0. The molecule has 1 fully saturated rings. The van der Waals surface area contributed by atoms with E-state index >= 15 is 0 Å². The number of methoxy groups -OCH3 is 1. The summed E-state index contributed by atoms with van der Waals surface area (Å²) in [4.78, 5) is 28.3. The highest BCUT2D eigenvalue weighted by Crippen LogP contribution is 2.19. The zero-order chi connectivity index (χ0) is 21.7. The minimum atomic E-state index is -0.418. The van der Waals surface area contributed by atoms with Gasteiger partial charge < -0.3 is 14.4 Å². The second-order valence-electron chi connectivity index (χ2n) is 7.60. The van der Waals surface area contributed by atoms with Crippen molar-refractivity contribution in [3.8, 4) is 5.75 Å². The van der Waals surface area contributed by atoms with Crippen molar-refractivity contribution in [2.45, 2.75) is 32.5 Å². The maximum Gasteiger partial charge on any atom is 0.337 e. The van der Waals surface area contributed by atoms with Gasteiger partial charge in [0.2, 0.25) is 0 Å². The highest BCUT2D eigenvalue weighted by Gasteiger charge is 2.32. The van der Waals surface area contributed by atoms with Crippen LogP contribution in [0.3, 0.4) is 0 Å². The third-order valence-electron chi connectivity index (χ3n) is 5.37. The predicted molar refractivity (Wildman–Crippen MR) is 111 cm³/mol. The van der Waals surface area contributed by atoms with E-state index in [0.717, 1.165) is 18.7 Å². The van der Waals surface area contributed by atoms with E-state index in [1.165, 1.54) is 19.2 Å². The Kier molecular flexibility index (Phi) is 7.05. The predicted octanol–water partition coefficient (Wildman–Crippen LogP) is 3.11. The van der Waals surface area contributed by atoms with Crippen molar-refractivity contribution < 1.29 is 23.5 Å². The average Bonchev–Trinajstić information content (AvgIpc) is 2.75. The van der Waals surface area contributed by atoms with E-state index in [4.69, 9.17) is 4.74 Å². The summed E-state index contributed by atoms with van der Waals surface area (Å²) >= 11 is 0. The van der Waals surface area contributed by atoms with Crippen molar-refractivity contribution in [1.29, 1.82) is 0 Å². The van der Waals surface area contributed by atoms with Crippen LogP contribution in [-0.2, 0) is 16.1 Å². The first-order valence-electron chi connectivity index (χ1n) is 9.96. The molecule has 1 amide bonds. The molecule has 0 unspecified atom stereocenters. The van der Waals surface area contributed by atoms with Gasteiger partial charge in [-0.1, -0.05) is 12.1 Å². The van der Waals surface area contributed by atoms with E-state index in [1.807, 2.05) is 11.8 Å². The van der Waals surface area contributed by atoms with Gasteiger partial charge in [-0.05, 0) is 55.8 Å². The summed E-state index contributed by atoms with van der Waals surface area (Å²) in [5.41, 5.74) is 1.48. The molecule has 0 bridgehead atoms. The minimum absolute atomic E-state index is 0.0412. The zero-order valence-electron chi connectivity index (χ0n) is 17.5. The number of benzene rings is 2. The van der Waals surface area contributed by atoms with Gasteiger partial charge in [-0.15, -0.1) is 0 Å². The van der Waals surface area contributed by atoms with Crippen LogP contribution in [0.15, 0.2) is 48.5 Å². The number of ether oxygens (including phenoxy) is 2. The van der Waals surface area contributed by atoms with Crippen molar-refractivity contribution in [2.75, 3.05) is 26.8 Å². The van der Waals surface area contributed by atoms with Crippen LogP contribution in [0.5, 0.6) is 5.75 Å². The Morgan fingerprint density at radius 3 is 2.30 bits per heavy atom. The van der Waals surface area contributed by atoms with Crippen LogP contribution in [0.25, 0.3) is 0 Å². The van der Waals surface area contributed by atoms with Crippen molar-refractivity contribution in [3.05, 3.63) is 65.5 Å². The van der Waals surface area contributed by atoms with Crippen LogP contribution in [0.2, 0.25) is 0 Å². The first-order valence-corrected chi connectivity index (χ1v) is 9.96. The van der Waals surface area contributed by atoms with Gasteiger partial charge in [-0.25, -0.2) is 9.18 Å². The van der Waals surface area contributed by atoms with E-state index in [1.54, 1.807) is 36.4 Å². The van der Waals surface area contributed by atoms with E-state index in [0.29, 0.717) is 17.9 Å². The topological polar surface area (TPSA) is 59.1 Å². The number of halogens is 1. The van der Waals surface area contributed by atoms with Gasteiger partial charge >= 0.3 is 5.97 Å². The summed E-state index contributed by atoms with van der Waals surface area (Å²) in [6.07, 6.45) is 0. The molecule has 0 saturated carbocycles. The minimum Gasteiger partial charge on any atom is -0.484 e. The van der Waals surface area contributed by atoms with Gasteiger partial charge in [0, 0.05) is 31.7 Å². The molecule has 30 heavy (non-hydrogen) atoms. The fourth-order valence-corrected chi connectivity index (χ4v) is 3.62. The van der Waals surface area contributed by atoms with Gasteiger partial charge in [0.05, 0.1) is 12.7 Å². The molecule has 160 valence electrons. The molecular weight excluding hydrogens is 387 g/mol. The van der Waals surface area contributed by atoms with E-state index in [-0.39, 0.29) is 30.4 Å². The Labute approximate surface area is 176 Å². The fraction of sp³-hybridized carbons (Fsp3) is 0.391. The fourth-order valence-electron chi connectivity index (χ4n) is 3.62. The zero-order valence-corrected chi connectivity index (χ0v) is 17.5. The van der Waals surface area contributed by atoms with E-state index in [9.17, 15) is 14.0 Å². The maximum absolute atomic E-state index is 13.1. The number of esters is 1. The maximum atomic E-state index is 13.1. The second-order valence-corrected chi connectivity index (χ2v) is 7.60. The molecule has 3 rings (SSSR count). The van der Waals surface area contributed by atoms with Gasteiger partial charge in [0.25, 0.3) is 5.91 Å². The highest BCUT2D eigenvalue weighted by molar-refractivity contribution is 5.89. The quantitative estimate of drug-likeness (QED) is 0.680. The molecule has 1 saturated heterocycles. The monoisotopic (exact) mass is 414 g/mol. The smallest absolute Gasteiger partial charge is 0.337 e. The number of carbonyl (C=O) groups excluding carboxylic acids is 2. The van der Waals surface area contributed by atoms with Gasteiger partial charge in [-0.2, -0.15) is 0 Å². The molecule has 0 aromatic heterocycles. The molecule has 0 N–H and O–H groups in total. The van der Waals surface area contributed by atoms with E-state index in [2.05, 4.69) is 16.6 Å². The Hall–Kier alpha value is -2.93. The van der Waals surface area contributed by atoms with Gasteiger partial charge in [0.1, 0.15) is 11.6 Å². The van der Waals surface area contributed by atoms with Crippen LogP contribution < -0.4 is 4.74 Å². The molecule has 0 aliphatic carbocycles. The Balaban J connectivity index is 1.53. The molecule has 2 aromatic carbocycles. The van der Waals surface area contributed by atoms with Crippen molar-refractivity contribution in [1.82, 2.24) is 9.80 Å². The van der Waals surface area contributed by atoms with Crippen LogP contribution in [0.1, 0.15) is 29.8 Å². The number of nitrogens with zero attached hydrogens (tertiary/aromatic N) is 2. The molecule has 2 atom stereocenters. The largest absolute Gasteiger partial charge is 0.484 e. The SMILES string of the molecule is COC(=O)c1ccc(OCC(=O)N2C[C@@H](C)N(Cc3ccc(F)cc3)C[C@@H]2C)cc1. The standard InChI is InChI=1S/C23H27FN2O4/c1-16-13-26(17(2)12-25(16)14-18-4-8-20(24)9-5-18)22(27)15-30-21-10-6-19(7-11-21)23(28)29-3/h4-11,16-17H,12-15H2,1-3H3/t16-,17+/m1/s1. The van der Waals surface area contributed by atoms with Crippen molar-refractivity contribution >= 4 is 11.9 Å². The lowest BCUT2D eigenvalue weighted by molar-refractivity contribution is -0.139. The molecule has 0 spiro atoms. The normalized spacial score (nSPS) is 19.4. The molecule has 7 heteroatoms. The number of rotatable bonds is 6. The lowest BCUT2D eigenvalue weighted by atomic mass is 10.1. The number of amides is 1. The number of piperazine rings is 1. The van der Waals surface area contributed by atoms with Crippen LogP contribution in [-0.4, -0.2) is 60.6 Å². The molecule has 0 radical (unpaired) electrons. The van der Waals surface area contributed by atoms with Gasteiger partial charge in [0.15, 0.2) is 6.61 Å². The first-order chi connectivity index (χ1) is 14.4. The summed E-state index contributed by atoms with van der Waals surface area (Å²) < 4.78 is 23.4. The summed E-state index contributed by atoms with van der Waals surface area (Å²) in [6, 6.07) is 13.2. The summed E-state index contributed by atoms with van der Waals surface area (Å²) in [6.45, 7) is 6.10. The third kappa shape index (κ3) is 5.36. The lowest BCUT2D eigenvalue weighted by Gasteiger charge is -2.44. The average molecular weight is 414 g/mol. The van der Waals surface area contributed by atoms with Crippen LogP contribution >= 0.6 is 0 Å². The molecule has 2 aromatic rings. The second kappa shape index (κ2) is 9.71. The molecule has 1 heterocycles. The Morgan fingerprint density at radius 2 is 1.67 bits per heavy atom. The molecule has 1 aliphatic heterocycles. The lowest BCUT2D eigenvalue weighted by Crippen LogP contribution is -2.58. The first kappa shape index (κ1) is 21.8. The van der Waals surface area contributed by atoms with Crippen molar-refractivity contribution in [2.24, 2.45) is 0 Å². The Morgan fingerprint density at radius 1 is 1.00 bits per heavy atom.